The van der Waals surface area contributed by atoms with E-state index < -0.39 is 0 Å². The molecule has 0 bridgehead atoms. The molecule has 0 aliphatic rings. The van der Waals surface area contributed by atoms with Crippen molar-refractivity contribution < 1.29 is 4.39 Å². The summed E-state index contributed by atoms with van der Waals surface area (Å²) in [5, 5.41) is 1.49. The van der Waals surface area contributed by atoms with Gasteiger partial charge in [-0.1, -0.05) is 0 Å². The largest absolute Gasteiger partial charge is 0.206 e. The summed E-state index contributed by atoms with van der Waals surface area (Å²) in [6, 6.07) is 0. The van der Waals surface area contributed by atoms with E-state index in [9.17, 15) is 4.39 Å². The topological polar surface area (TPSA) is 0 Å². The molecule has 0 unspecified atom stereocenters. The van der Waals surface area contributed by atoms with Gasteiger partial charge in [-0.15, -0.1) is 11.3 Å². The SMILES string of the molecule is Cc1c(F)csc1Br. The van der Waals surface area contributed by atoms with Crippen molar-refractivity contribution in [1.29, 1.82) is 0 Å². The molecule has 0 spiro atoms. The van der Waals surface area contributed by atoms with Crippen molar-refractivity contribution in [3.05, 3.63) is 20.5 Å². The lowest BCUT2D eigenvalue weighted by Gasteiger charge is -1.81. The maximum absolute atomic E-state index is 12.3. The summed E-state index contributed by atoms with van der Waals surface area (Å²) >= 11 is 4.57. The molecule has 3 heteroatoms. The highest BCUT2D eigenvalue weighted by molar-refractivity contribution is 9.11. The minimum absolute atomic E-state index is 0.123. The fourth-order valence-corrected chi connectivity index (χ4v) is 1.50. The highest BCUT2D eigenvalue weighted by atomic mass is 79.9. The molecule has 0 N–H and O–H groups in total. The Bertz CT molecular complexity index is 175. The second-order valence-corrected chi connectivity index (χ2v) is 3.68. The molecule has 0 aliphatic heterocycles. The highest BCUT2D eigenvalue weighted by Crippen LogP contribution is 2.25. The number of thiophene rings is 1. The molecule has 1 heterocycles. The summed E-state index contributed by atoms with van der Waals surface area (Å²) in [5.41, 5.74) is 0.704. The monoisotopic (exact) mass is 194 g/mol. The summed E-state index contributed by atoms with van der Waals surface area (Å²) in [6.45, 7) is 1.75. The van der Waals surface area contributed by atoms with Crippen LogP contribution in [0.3, 0.4) is 0 Å². The minimum Gasteiger partial charge on any atom is -0.206 e. The van der Waals surface area contributed by atoms with Crippen LogP contribution in [0.15, 0.2) is 9.17 Å². The molecule has 0 amide bonds. The van der Waals surface area contributed by atoms with E-state index in [-0.39, 0.29) is 5.82 Å². The van der Waals surface area contributed by atoms with Crippen molar-refractivity contribution in [2.24, 2.45) is 0 Å². The van der Waals surface area contributed by atoms with Crippen LogP contribution in [0.25, 0.3) is 0 Å². The summed E-state index contributed by atoms with van der Waals surface area (Å²) in [7, 11) is 0. The van der Waals surface area contributed by atoms with Gasteiger partial charge < -0.3 is 0 Å². The van der Waals surface area contributed by atoms with E-state index in [1.165, 1.54) is 16.7 Å². The molecule has 0 aliphatic carbocycles. The predicted molar refractivity (Wildman–Crippen MR) is 36.7 cm³/mol. The molecule has 0 saturated carbocycles. The van der Waals surface area contributed by atoms with Crippen LogP contribution < -0.4 is 0 Å². The van der Waals surface area contributed by atoms with Gasteiger partial charge in [0.1, 0.15) is 5.82 Å². The van der Waals surface area contributed by atoms with Gasteiger partial charge in [-0.2, -0.15) is 0 Å². The fraction of sp³-hybridized carbons (Fsp3) is 0.200. The van der Waals surface area contributed by atoms with Gasteiger partial charge in [-0.3, -0.25) is 0 Å². The van der Waals surface area contributed by atoms with Crippen molar-refractivity contribution in [3.8, 4) is 0 Å². The third-order valence-electron chi connectivity index (χ3n) is 0.919. The lowest BCUT2D eigenvalue weighted by atomic mass is 10.4. The average molecular weight is 195 g/mol. The number of halogens is 2. The first-order valence-corrected chi connectivity index (χ1v) is 3.78. The molecule has 0 radical (unpaired) electrons. The molecule has 0 nitrogen and oxygen atoms in total. The third kappa shape index (κ3) is 0.928. The van der Waals surface area contributed by atoms with Crippen LogP contribution in [0.4, 0.5) is 4.39 Å². The Balaban J connectivity index is 3.19. The molecule has 0 aromatic carbocycles. The summed E-state index contributed by atoms with van der Waals surface area (Å²) in [4.78, 5) is 0. The first kappa shape index (κ1) is 6.23. The van der Waals surface area contributed by atoms with Crippen LogP contribution in [-0.4, -0.2) is 0 Å². The van der Waals surface area contributed by atoms with Gasteiger partial charge in [0.2, 0.25) is 0 Å². The Morgan fingerprint density at radius 3 is 2.50 bits per heavy atom. The minimum atomic E-state index is -0.123. The van der Waals surface area contributed by atoms with E-state index in [1.54, 1.807) is 6.92 Å². The zero-order valence-corrected chi connectivity index (χ0v) is 6.64. The van der Waals surface area contributed by atoms with Crippen molar-refractivity contribution in [2.45, 2.75) is 6.92 Å². The second-order valence-electron chi connectivity index (χ2n) is 1.48. The van der Waals surface area contributed by atoms with Gasteiger partial charge in [0, 0.05) is 10.9 Å². The highest BCUT2D eigenvalue weighted by Gasteiger charge is 2.01. The van der Waals surface area contributed by atoms with E-state index in [1.807, 2.05) is 0 Å². The normalized spacial score (nSPS) is 9.88. The Morgan fingerprint density at radius 1 is 1.75 bits per heavy atom. The zero-order valence-electron chi connectivity index (χ0n) is 4.24. The van der Waals surface area contributed by atoms with Gasteiger partial charge in [0.15, 0.2) is 0 Å². The Labute approximate surface area is 59.5 Å². The second kappa shape index (κ2) is 2.15. The quantitative estimate of drug-likeness (QED) is 0.596. The maximum Gasteiger partial charge on any atom is 0.137 e. The van der Waals surface area contributed by atoms with E-state index in [0.717, 1.165) is 3.79 Å². The van der Waals surface area contributed by atoms with Crippen LogP contribution in [0.1, 0.15) is 5.56 Å². The predicted octanol–water partition coefficient (Wildman–Crippen LogP) is 2.96. The number of hydrogen-bond donors (Lipinski definition) is 0. The molecule has 0 saturated heterocycles. The van der Waals surface area contributed by atoms with Crippen molar-refractivity contribution >= 4 is 27.3 Å². The van der Waals surface area contributed by atoms with E-state index >= 15 is 0 Å². The standard InChI is InChI=1S/C5H4BrFS/c1-3-4(7)2-8-5(3)6/h2H,1H3. The van der Waals surface area contributed by atoms with Gasteiger partial charge >= 0.3 is 0 Å². The van der Waals surface area contributed by atoms with Crippen LogP contribution in [-0.2, 0) is 0 Å². The van der Waals surface area contributed by atoms with E-state index in [0.29, 0.717) is 5.56 Å². The number of rotatable bonds is 0. The average Bonchev–Trinajstić information content (AvgIpc) is 1.98. The summed E-state index contributed by atoms with van der Waals surface area (Å²) in [6.07, 6.45) is 0. The summed E-state index contributed by atoms with van der Waals surface area (Å²) < 4.78 is 13.2. The molecule has 0 fully saturated rings. The van der Waals surface area contributed by atoms with Crippen molar-refractivity contribution in [2.75, 3.05) is 0 Å². The van der Waals surface area contributed by atoms with Crippen LogP contribution in [0.5, 0.6) is 0 Å². The zero-order chi connectivity index (χ0) is 6.15. The third-order valence-corrected chi connectivity index (χ3v) is 2.91. The Morgan fingerprint density at radius 2 is 2.38 bits per heavy atom. The first-order valence-electron chi connectivity index (χ1n) is 2.11. The number of hydrogen-bond acceptors (Lipinski definition) is 1. The molecule has 0 atom stereocenters. The smallest absolute Gasteiger partial charge is 0.137 e. The molecular formula is C5H4BrFS. The fourth-order valence-electron chi connectivity index (χ4n) is 0.374. The van der Waals surface area contributed by atoms with Crippen molar-refractivity contribution in [3.63, 3.8) is 0 Å². The molecule has 1 aromatic heterocycles. The van der Waals surface area contributed by atoms with Crippen molar-refractivity contribution in [1.82, 2.24) is 0 Å². The molecular weight excluding hydrogens is 191 g/mol. The molecule has 1 aromatic rings. The first-order chi connectivity index (χ1) is 3.72. The summed E-state index contributed by atoms with van der Waals surface area (Å²) in [5.74, 6) is -0.123. The van der Waals surface area contributed by atoms with Crippen LogP contribution >= 0.6 is 27.3 Å². The van der Waals surface area contributed by atoms with Gasteiger partial charge in [0.25, 0.3) is 0 Å². The van der Waals surface area contributed by atoms with E-state index in [4.69, 9.17) is 0 Å². The molecule has 1 rings (SSSR count). The van der Waals surface area contributed by atoms with E-state index in [2.05, 4.69) is 15.9 Å². The lowest BCUT2D eigenvalue weighted by Crippen LogP contribution is -1.68. The lowest BCUT2D eigenvalue weighted by molar-refractivity contribution is 0.624. The maximum atomic E-state index is 12.3. The van der Waals surface area contributed by atoms with Gasteiger partial charge in [-0.05, 0) is 22.9 Å². The van der Waals surface area contributed by atoms with Crippen LogP contribution in [0.2, 0.25) is 0 Å². The van der Waals surface area contributed by atoms with Gasteiger partial charge in [0.05, 0.1) is 3.79 Å². The molecule has 8 heavy (non-hydrogen) atoms. The van der Waals surface area contributed by atoms with Crippen LogP contribution in [0, 0.1) is 12.7 Å². The van der Waals surface area contributed by atoms with Gasteiger partial charge in [-0.25, -0.2) is 4.39 Å². The Kier molecular flexibility index (Phi) is 1.68. The Hall–Kier alpha value is 0.110. The molecule has 44 valence electrons.